The number of piperidine rings is 2. The standard InChI is InChI=1S/C36H36ClN3O6/c37-26-10-8-23(9-11-26)17-27(38-36(45)34-20-30(41)28-19-31(42)32(43)21-33(28)46-34)18-24-12-15-39(16-13-24)29-6-2-1-5-25(29)22-40-14-4-3-7-35(40)44/h1-2,5-6,8-11,18-21,27,42-43H,3-4,7,12-17,22H2,(H,38,45)/t27-/m0/s1. The van der Waals surface area contributed by atoms with E-state index in [9.17, 15) is 24.6 Å². The van der Waals surface area contributed by atoms with Crippen LogP contribution >= 0.6 is 11.6 Å². The highest BCUT2D eigenvalue weighted by atomic mass is 35.5. The molecular formula is C36H36ClN3O6. The number of hydrogen-bond donors (Lipinski definition) is 3. The summed E-state index contributed by atoms with van der Waals surface area (Å²) in [4.78, 5) is 42.9. The Labute approximate surface area is 271 Å². The first kappa shape index (κ1) is 31.2. The summed E-state index contributed by atoms with van der Waals surface area (Å²) in [5.74, 6) is -1.44. The zero-order chi connectivity index (χ0) is 32.2. The van der Waals surface area contributed by atoms with Gasteiger partial charge in [0.15, 0.2) is 22.7 Å². The molecule has 2 aliphatic rings. The van der Waals surface area contributed by atoms with Gasteiger partial charge in [0.1, 0.15) is 5.58 Å². The number of nitrogens with one attached hydrogen (secondary N) is 1. The molecule has 0 bridgehead atoms. The highest BCUT2D eigenvalue weighted by Crippen LogP contribution is 2.30. The van der Waals surface area contributed by atoms with E-state index < -0.39 is 28.9 Å². The lowest BCUT2D eigenvalue weighted by molar-refractivity contribution is -0.133. The van der Waals surface area contributed by atoms with Gasteiger partial charge in [-0.25, -0.2) is 0 Å². The van der Waals surface area contributed by atoms with Crippen LogP contribution in [0.2, 0.25) is 5.02 Å². The van der Waals surface area contributed by atoms with Gasteiger partial charge in [-0.05, 0) is 67.5 Å². The number of benzene rings is 3. The highest BCUT2D eigenvalue weighted by Gasteiger charge is 2.23. The maximum atomic E-state index is 13.4. The van der Waals surface area contributed by atoms with Gasteiger partial charge in [0, 0.05) is 55.4 Å². The summed E-state index contributed by atoms with van der Waals surface area (Å²) in [6.45, 7) is 3.02. The second kappa shape index (κ2) is 13.7. The first-order valence-electron chi connectivity index (χ1n) is 15.6. The van der Waals surface area contributed by atoms with Crippen molar-refractivity contribution in [2.24, 2.45) is 0 Å². The fourth-order valence-electron chi connectivity index (χ4n) is 6.23. The molecule has 6 rings (SSSR count). The van der Waals surface area contributed by atoms with Gasteiger partial charge in [0.05, 0.1) is 11.4 Å². The maximum Gasteiger partial charge on any atom is 0.287 e. The lowest BCUT2D eigenvalue weighted by atomic mass is 9.97. The van der Waals surface area contributed by atoms with Crippen LogP contribution < -0.4 is 15.6 Å². The van der Waals surface area contributed by atoms with Gasteiger partial charge in [0.25, 0.3) is 5.91 Å². The van der Waals surface area contributed by atoms with E-state index >= 15 is 0 Å². The summed E-state index contributed by atoms with van der Waals surface area (Å²) in [6, 6.07) is 18.7. The van der Waals surface area contributed by atoms with Gasteiger partial charge in [-0.2, -0.15) is 0 Å². The van der Waals surface area contributed by atoms with Crippen molar-refractivity contribution in [1.82, 2.24) is 10.2 Å². The minimum atomic E-state index is -0.569. The van der Waals surface area contributed by atoms with E-state index in [2.05, 4.69) is 28.4 Å². The van der Waals surface area contributed by atoms with Gasteiger partial charge < -0.3 is 29.7 Å². The van der Waals surface area contributed by atoms with Crippen LogP contribution in [-0.2, 0) is 17.8 Å². The van der Waals surface area contributed by atoms with Crippen molar-refractivity contribution >= 4 is 40.1 Å². The molecule has 0 radical (unpaired) electrons. The average molecular weight is 642 g/mol. The van der Waals surface area contributed by atoms with Crippen LogP contribution in [0, 0.1) is 0 Å². The molecule has 3 N–H and O–H groups in total. The minimum absolute atomic E-state index is 0.00198. The number of halogens is 1. The molecular weight excluding hydrogens is 606 g/mol. The van der Waals surface area contributed by atoms with Gasteiger partial charge in [-0.3, -0.25) is 14.4 Å². The van der Waals surface area contributed by atoms with Crippen molar-refractivity contribution in [3.05, 3.63) is 111 Å². The molecule has 0 saturated carbocycles. The second-order valence-electron chi connectivity index (χ2n) is 11.9. The Morgan fingerprint density at radius 1 is 0.935 bits per heavy atom. The lowest BCUT2D eigenvalue weighted by Crippen LogP contribution is -2.37. The molecule has 2 fully saturated rings. The smallest absolute Gasteiger partial charge is 0.287 e. The summed E-state index contributed by atoms with van der Waals surface area (Å²) < 4.78 is 5.68. The van der Waals surface area contributed by atoms with Crippen molar-refractivity contribution in [2.75, 3.05) is 24.5 Å². The monoisotopic (exact) mass is 641 g/mol. The summed E-state index contributed by atoms with van der Waals surface area (Å²) >= 11 is 6.11. The maximum absolute atomic E-state index is 13.4. The van der Waals surface area contributed by atoms with E-state index in [4.69, 9.17) is 16.0 Å². The Morgan fingerprint density at radius 2 is 1.67 bits per heavy atom. The highest BCUT2D eigenvalue weighted by molar-refractivity contribution is 6.30. The van der Waals surface area contributed by atoms with Crippen LogP contribution in [0.5, 0.6) is 11.5 Å². The Bertz CT molecular complexity index is 1840. The number of nitrogens with zero attached hydrogens (tertiary/aromatic N) is 2. The molecule has 0 spiro atoms. The fraction of sp³-hybridized carbons (Fsp3) is 0.306. The molecule has 1 atom stereocenters. The van der Waals surface area contributed by atoms with Crippen molar-refractivity contribution in [3.8, 4) is 11.5 Å². The Balaban J connectivity index is 1.19. The van der Waals surface area contributed by atoms with E-state index in [1.807, 2.05) is 29.2 Å². The molecule has 0 aliphatic carbocycles. The van der Waals surface area contributed by atoms with E-state index in [0.717, 1.165) is 80.3 Å². The van der Waals surface area contributed by atoms with Crippen LogP contribution in [0.3, 0.4) is 0 Å². The molecule has 2 aliphatic heterocycles. The molecule has 0 unspecified atom stereocenters. The molecule has 46 heavy (non-hydrogen) atoms. The summed E-state index contributed by atoms with van der Waals surface area (Å²) in [7, 11) is 0. The number of likely N-dealkylation sites (tertiary alicyclic amines) is 1. The molecule has 238 valence electrons. The number of hydrogen-bond acceptors (Lipinski definition) is 7. The number of rotatable bonds is 8. The first-order valence-corrected chi connectivity index (χ1v) is 16.0. The average Bonchev–Trinajstić information content (AvgIpc) is 3.05. The number of phenolic OH excluding ortho intramolecular Hbond substituents is 2. The van der Waals surface area contributed by atoms with Crippen LogP contribution in [0.1, 0.15) is 53.8 Å². The molecule has 1 aromatic heterocycles. The van der Waals surface area contributed by atoms with Crippen LogP contribution in [0.25, 0.3) is 11.0 Å². The number of anilines is 1. The minimum Gasteiger partial charge on any atom is -0.504 e. The molecule has 10 heteroatoms. The van der Waals surface area contributed by atoms with E-state index in [-0.39, 0.29) is 22.6 Å². The number of phenols is 2. The van der Waals surface area contributed by atoms with Crippen molar-refractivity contribution in [1.29, 1.82) is 0 Å². The predicted molar refractivity (Wildman–Crippen MR) is 177 cm³/mol. The van der Waals surface area contributed by atoms with Crippen LogP contribution in [0.15, 0.2) is 87.6 Å². The van der Waals surface area contributed by atoms with Crippen molar-refractivity contribution in [2.45, 2.75) is 51.1 Å². The Morgan fingerprint density at radius 3 is 2.43 bits per heavy atom. The zero-order valence-corrected chi connectivity index (χ0v) is 26.1. The van der Waals surface area contributed by atoms with Gasteiger partial charge >= 0.3 is 0 Å². The van der Waals surface area contributed by atoms with Gasteiger partial charge in [-0.1, -0.05) is 53.6 Å². The third kappa shape index (κ3) is 7.21. The molecule has 3 aromatic carbocycles. The quantitative estimate of drug-likeness (QED) is 0.161. The lowest BCUT2D eigenvalue weighted by Gasteiger charge is -2.34. The number of fused-ring (bicyclic) bond motifs is 1. The Hall–Kier alpha value is -4.76. The number of para-hydroxylation sites is 1. The zero-order valence-electron chi connectivity index (χ0n) is 25.4. The topological polar surface area (TPSA) is 123 Å². The summed E-state index contributed by atoms with van der Waals surface area (Å²) in [6.07, 6.45) is 6.82. The van der Waals surface area contributed by atoms with E-state index in [1.165, 1.54) is 5.57 Å². The number of carbonyl (C=O) groups excluding carboxylic acids is 2. The first-order chi connectivity index (χ1) is 22.2. The molecule has 9 nitrogen and oxygen atoms in total. The van der Waals surface area contributed by atoms with E-state index in [1.54, 1.807) is 12.1 Å². The largest absolute Gasteiger partial charge is 0.504 e. The van der Waals surface area contributed by atoms with Crippen LogP contribution in [-0.4, -0.2) is 52.6 Å². The SMILES string of the molecule is O=C(N[C@H](C=C1CCN(c2ccccc2CN2CCCCC2=O)CC1)Cc1ccc(Cl)cc1)c1cc(=O)c2cc(O)c(O)cc2o1. The molecule has 2 amide bonds. The van der Waals surface area contributed by atoms with Crippen molar-refractivity contribution in [3.63, 3.8) is 0 Å². The third-order valence-electron chi connectivity index (χ3n) is 8.69. The van der Waals surface area contributed by atoms with E-state index in [0.29, 0.717) is 24.4 Å². The normalized spacial score (nSPS) is 16.0. The molecule has 2 saturated heterocycles. The van der Waals surface area contributed by atoms with Gasteiger partial charge in [0.2, 0.25) is 5.91 Å². The summed E-state index contributed by atoms with van der Waals surface area (Å²) in [5, 5.41) is 23.4. The number of carbonyl (C=O) groups is 2. The Kier molecular flexibility index (Phi) is 9.30. The molecule has 3 heterocycles. The number of aromatic hydroxyl groups is 2. The predicted octanol–water partition coefficient (Wildman–Crippen LogP) is 5.94. The fourth-order valence-corrected chi connectivity index (χ4v) is 6.36. The third-order valence-corrected chi connectivity index (χ3v) is 8.94. The summed E-state index contributed by atoms with van der Waals surface area (Å²) in [5.41, 5.74) is 3.98. The second-order valence-corrected chi connectivity index (χ2v) is 12.4. The number of amides is 2. The van der Waals surface area contributed by atoms with Crippen LogP contribution in [0.4, 0.5) is 5.69 Å². The van der Waals surface area contributed by atoms with Crippen molar-refractivity contribution < 1.29 is 24.2 Å². The van der Waals surface area contributed by atoms with Gasteiger partial charge in [-0.15, -0.1) is 0 Å². The molecule has 4 aromatic rings.